The molecule has 1 aromatic carbocycles. The first-order chi connectivity index (χ1) is 14.3. The number of nitrogens with one attached hydrogen (secondary N) is 2. The summed E-state index contributed by atoms with van der Waals surface area (Å²) in [5, 5.41) is 6.76. The molecule has 7 nitrogen and oxygen atoms in total. The third-order valence-electron chi connectivity index (χ3n) is 4.49. The van der Waals surface area contributed by atoms with E-state index >= 15 is 0 Å². The minimum atomic E-state index is -0.315. The molecule has 0 bridgehead atoms. The number of nitrogens with zero attached hydrogens (tertiary/aromatic N) is 1. The van der Waals surface area contributed by atoms with E-state index in [0.29, 0.717) is 29.7 Å². The number of hydrogen-bond acceptors (Lipinski definition) is 6. The van der Waals surface area contributed by atoms with Crippen LogP contribution in [0.15, 0.2) is 12.1 Å². The highest BCUT2D eigenvalue weighted by atomic mass is 35.5. The van der Waals surface area contributed by atoms with Gasteiger partial charge in [-0.1, -0.05) is 11.6 Å². The van der Waals surface area contributed by atoms with Gasteiger partial charge in [0.05, 0.1) is 24.8 Å². The number of hydrogen-bond donors (Lipinski definition) is 2. The molecule has 0 aliphatic carbocycles. The van der Waals surface area contributed by atoms with Crippen LogP contribution in [0.2, 0.25) is 5.02 Å². The normalized spacial score (nSPS) is 14.2. The van der Waals surface area contributed by atoms with Crippen molar-refractivity contribution in [3.05, 3.63) is 22.7 Å². The molecule has 0 unspecified atom stereocenters. The molecule has 1 aliphatic heterocycles. The maximum atomic E-state index is 12.1. The Morgan fingerprint density at radius 3 is 2.50 bits per heavy atom. The zero-order chi connectivity index (χ0) is 22.0. The Balaban J connectivity index is 0.00000480. The van der Waals surface area contributed by atoms with Crippen LogP contribution in [-0.4, -0.2) is 69.0 Å². The SMILES string of the molecule is CCOc1cc(CNCCCN2CCOCC2)cc(Cl)c1OCC(=O)NC(C)(C)C.Cl.Cl. The first-order valence-electron chi connectivity index (χ1n) is 10.7. The van der Waals surface area contributed by atoms with Crippen molar-refractivity contribution in [2.75, 3.05) is 52.6 Å². The molecule has 2 rings (SSSR count). The molecule has 1 amide bonds. The first kappa shape index (κ1) is 31.0. The van der Waals surface area contributed by atoms with Gasteiger partial charge >= 0.3 is 0 Å². The van der Waals surface area contributed by atoms with Crippen LogP contribution in [0.3, 0.4) is 0 Å². The molecule has 1 saturated heterocycles. The Kier molecular flexibility index (Phi) is 15.3. The summed E-state index contributed by atoms with van der Waals surface area (Å²) in [4.78, 5) is 14.5. The molecule has 0 saturated carbocycles. The topological polar surface area (TPSA) is 72.1 Å². The fraction of sp³-hybridized carbons (Fsp3) is 0.682. The van der Waals surface area contributed by atoms with Gasteiger partial charge in [0.2, 0.25) is 0 Å². The van der Waals surface area contributed by atoms with E-state index in [1.165, 1.54) is 0 Å². The second-order valence-corrected chi connectivity index (χ2v) is 8.82. The number of halogens is 3. The van der Waals surface area contributed by atoms with E-state index in [4.69, 9.17) is 25.8 Å². The number of morpholine rings is 1. The number of ether oxygens (including phenoxy) is 3. The van der Waals surface area contributed by atoms with Crippen LogP contribution in [-0.2, 0) is 16.1 Å². The van der Waals surface area contributed by atoms with Gasteiger partial charge in [-0.05, 0) is 64.9 Å². The van der Waals surface area contributed by atoms with Gasteiger partial charge in [-0.3, -0.25) is 9.69 Å². The smallest absolute Gasteiger partial charge is 0.258 e. The molecular weight excluding hydrogens is 477 g/mol. The predicted molar refractivity (Wildman–Crippen MR) is 134 cm³/mol. The molecule has 2 N–H and O–H groups in total. The molecule has 186 valence electrons. The van der Waals surface area contributed by atoms with Crippen LogP contribution in [0.1, 0.15) is 39.7 Å². The number of rotatable bonds is 11. The average Bonchev–Trinajstić information content (AvgIpc) is 2.67. The Hall–Kier alpha value is -0.960. The highest BCUT2D eigenvalue weighted by molar-refractivity contribution is 6.32. The molecule has 10 heteroatoms. The van der Waals surface area contributed by atoms with Crippen LogP contribution in [0, 0.1) is 0 Å². The summed E-state index contributed by atoms with van der Waals surface area (Å²) >= 11 is 6.45. The second kappa shape index (κ2) is 15.8. The summed E-state index contributed by atoms with van der Waals surface area (Å²) in [6, 6.07) is 3.78. The van der Waals surface area contributed by atoms with Crippen LogP contribution < -0.4 is 20.1 Å². The van der Waals surface area contributed by atoms with Crippen molar-refractivity contribution in [3.8, 4) is 11.5 Å². The maximum absolute atomic E-state index is 12.1. The lowest BCUT2D eigenvalue weighted by Crippen LogP contribution is -2.43. The molecule has 0 atom stereocenters. The van der Waals surface area contributed by atoms with Gasteiger partial charge < -0.3 is 24.8 Å². The van der Waals surface area contributed by atoms with Crippen molar-refractivity contribution >= 4 is 42.3 Å². The molecule has 1 fully saturated rings. The van der Waals surface area contributed by atoms with E-state index in [2.05, 4.69) is 15.5 Å². The number of amides is 1. The van der Waals surface area contributed by atoms with E-state index in [1.807, 2.05) is 39.8 Å². The Labute approximate surface area is 209 Å². The van der Waals surface area contributed by atoms with Gasteiger partial charge in [-0.15, -0.1) is 24.8 Å². The van der Waals surface area contributed by atoms with Gasteiger partial charge in [0.1, 0.15) is 0 Å². The molecule has 1 aliphatic rings. The monoisotopic (exact) mass is 513 g/mol. The molecule has 1 heterocycles. The average molecular weight is 515 g/mol. The summed E-state index contributed by atoms with van der Waals surface area (Å²) in [6.45, 7) is 14.4. The molecule has 0 radical (unpaired) electrons. The fourth-order valence-corrected chi connectivity index (χ4v) is 3.49. The lowest BCUT2D eigenvalue weighted by Gasteiger charge is -2.26. The second-order valence-electron chi connectivity index (χ2n) is 8.41. The van der Waals surface area contributed by atoms with Crippen LogP contribution in [0.5, 0.6) is 11.5 Å². The number of carbonyl (C=O) groups excluding carboxylic acids is 1. The summed E-state index contributed by atoms with van der Waals surface area (Å²) < 4.78 is 16.8. The number of carbonyl (C=O) groups is 1. The van der Waals surface area contributed by atoms with Crippen molar-refractivity contribution in [1.29, 1.82) is 0 Å². The first-order valence-corrected chi connectivity index (χ1v) is 11.1. The van der Waals surface area contributed by atoms with Crippen molar-refractivity contribution in [2.24, 2.45) is 0 Å². The van der Waals surface area contributed by atoms with Crippen LogP contribution in [0.25, 0.3) is 0 Å². The minimum Gasteiger partial charge on any atom is -0.490 e. The highest BCUT2D eigenvalue weighted by Crippen LogP contribution is 2.36. The standard InChI is InChI=1S/C22H36ClN3O4.2ClH/c1-5-29-19-14-17(15-24-7-6-8-26-9-11-28-12-10-26)13-18(23)21(19)30-16-20(27)25-22(2,3)4;;/h13-14,24H,5-12,15-16H2,1-4H3,(H,25,27);2*1H. The fourth-order valence-electron chi connectivity index (χ4n) is 3.20. The minimum absolute atomic E-state index is 0. The van der Waals surface area contributed by atoms with E-state index < -0.39 is 0 Å². The van der Waals surface area contributed by atoms with E-state index in [-0.39, 0.29) is 42.9 Å². The Morgan fingerprint density at radius 2 is 1.88 bits per heavy atom. The zero-order valence-electron chi connectivity index (χ0n) is 19.5. The van der Waals surface area contributed by atoms with E-state index in [1.54, 1.807) is 0 Å². The molecule has 1 aromatic rings. The predicted octanol–water partition coefficient (Wildman–Crippen LogP) is 3.69. The lowest BCUT2D eigenvalue weighted by atomic mass is 10.1. The summed E-state index contributed by atoms with van der Waals surface area (Å²) in [5.74, 6) is 0.754. The van der Waals surface area contributed by atoms with Gasteiger partial charge in [0.25, 0.3) is 5.91 Å². The van der Waals surface area contributed by atoms with E-state index in [9.17, 15) is 4.79 Å². The van der Waals surface area contributed by atoms with Gasteiger partial charge in [0, 0.05) is 25.2 Å². The summed E-state index contributed by atoms with van der Waals surface area (Å²) in [6.07, 6.45) is 1.08. The Morgan fingerprint density at radius 1 is 1.19 bits per heavy atom. The van der Waals surface area contributed by atoms with Crippen LogP contribution >= 0.6 is 36.4 Å². The van der Waals surface area contributed by atoms with Crippen LogP contribution in [0.4, 0.5) is 0 Å². The number of benzene rings is 1. The molecule has 0 aromatic heterocycles. The quantitative estimate of drug-likeness (QED) is 0.439. The van der Waals surface area contributed by atoms with E-state index in [0.717, 1.165) is 51.4 Å². The summed E-state index contributed by atoms with van der Waals surface area (Å²) in [7, 11) is 0. The Bertz CT molecular complexity index is 681. The van der Waals surface area contributed by atoms with Crippen molar-refractivity contribution < 1.29 is 19.0 Å². The third kappa shape index (κ3) is 11.8. The largest absolute Gasteiger partial charge is 0.490 e. The van der Waals surface area contributed by atoms with Crippen molar-refractivity contribution in [3.63, 3.8) is 0 Å². The molecule has 32 heavy (non-hydrogen) atoms. The molecule has 0 spiro atoms. The zero-order valence-corrected chi connectivity index (χ0v) is 21.9. The third-order valence-corrected chi connectivity index (χ3v) is 4.77. The van der Waals surface area contributed by atoms with Gasteiger partial charge in [-0.2, -0.15) is 0 Å². The highest BCUT2D eigenvalue weighted by Gasteiger charge is 2.17. The maximum Gasteiger partial charge on any atom is 0.258 e. The van der Waals surface area contributed by atoms with Crippen molar-refractivity contribution in [2.45, 2.75) is 46.2 Å². The van der Waals surface area contributed by atoms with Gasteiger partial charge in [0.15, 0.2) is 18.1 Å². The van der Waals surface area contributed by atoms with Gasteiger partial charge in [-0.25, -0.2) is 0 Å². The lowest BCUT2D eigenvalue weighted by molar-refractivity contribution is -0.124. The molecular formula is C22H38Cl3N3O4. The van der Waals surface area contributed by atoms with Crippen molar-refractivity contribution in [1.82, 2.24) is 15.5 Å². The summed E-state index contributed by atoms with van der Waals surface area (Å²) in [5.41, 5.74) is 0.700.